The van der Waals surface area contributed by atoms with Crippen LogP contribution in [-0.2, 0) is 4.79 Å². The van der Waals surface area contributed by atoms with E-state index in [9.17, 15) is 9.59 Å². The van der Waals surface area contributed by atoms with Gasteiger partial charge in [0.05, 0.1) is 0 Å². The fourth-order valence-electron chi connectivity index (χ4n) is 4.09. The number of rotatable bonds is 7. The fourth-order valence-corrected chi connectivity index (χ4v) is 4.09. The molecule has 7 heteroatoms. The summed E-state index contributed by atoms with van der Waals surface area (Å²) in [6.45, 7) is 8.05. The molecule has 3 heterocycles. The largest absolute Gasteiger partial charge is 0.371 e. The number of carbonyl (C=O) groups excluding carboxylic acids is 2. The zero-order chi connectivity index (χ0) is 22.7. The van der Waals surface area contributed by atoms with E-state index in [1.165, 1.54) is 12.8 Å². The summed E-state index contributed by atoms with van der Waals surface area (Å²) in [5.74, 6) is -0.594. The predicted molar refractivity (Wildman–Crippen MR) is 127 cm³/mol. The number of fused-ring (bicyclic) bond motifs is 1. The molecule has 2 aromatic heterocycles. The summed E-state index contributed by atoms with van der Waals surface area (Å²) in [6.07, 6.45) is 6.72. The van der Waals surface area contributed by atoms with Crippen molar-refractivity contribution < 1.29 is 9.59 Å². The van der Waals surface area contributed by atoms with E-state index < -0.39 is 6.04 Å². The molecule has 0 aliphatic carbocycles. The van der Waals surface area contributed by atoms with E-state index in [0.29, 0.717) is 11.3 Å². The summed E-state index contributed by atoms with van der Waals surface area (Å²) in [7, 11) is 0. The first-order valence-electron chi connectivity index (χ1n) is 11.4. The van der Waals surface area contributed by atoms with Crippen molar-refractivity contribution in [2.75, 3.05) is 23.3 Å². The van der Waals surface area contributed by atoms with Crippen LogP contribution in [0.3, 0.4) is 0 Å². The molecule has 0 spiro atoms. The third-order valence-corrected chi connectivity index (χ3v) is 6.22. The van der Waals surface area contributed by atoms with Gasteiger partial charge in [0, 0.05) is 36.9 Å². The van der Waals surface area contributed by atoms with Gasteiger partial charge in [0.2, 0.25) is 5.91 Å². The first-order chi connectivity index (χ1) is 15.4. The van der Waals surface area contributed by atoms with Crippen molar-refractivity contribution >= 4 is 28.8 Å². The number of benzene rings is 1. The van der Waals surface area contributed by atoms with E-state index >= 15 is 0 Å². The first-order valence-corrected chi connectivity index (χ1v) is 11.4. The number of hydrogen-bond acceptors (Lipinski definition) is 4. The van der Waals surface area contributed by atoms with E-state index in [4.69, 9.17) is 0 Å². The molecule has 1 fully saturated rings. The molecule has 0 bridgehead atoms. The maximum absolute atomic E-state index is 13.2. The van der Waals surface area contributed by atoms with Gasteiger partial charge in [0.1, 0.15) is 17.4 Å². The van der Waals surface area contributed by atoms with Crippen LogP contribution in [0.4, 0.5) is 11.4 Å². The van der Waals surface area contributed by atoms with Gasteiger partial charge in [-0.05, 0) is 61.6 Å². The van der Waals surface area contributed by atoms with Crippen molar-refractivity contribution in [1.29, 1.82) is 0 Å². The average Bonchev–Trinajstić information content (AvgIpc) is 3.46. The minimum atomic E-state index is -0.658. The number of pyridine rings is 1. The molecule has 1 saturated heterocycles. The summed E-state index contributed by atoms with van der Waals surface area (Å²) < 4.78 is 1.81. The van der Waals surface area contributed by atoms with E-state index in [1.807, 2.05) is 61.7 Å². The molecule has 168 valence electrons. The minimum Gasteiger partial charge on any atom is -0.371 e. The van der Waals surface area contributed by atoms with Crippen LogP contribution in [0.5, 0.6) is 0 Å². The lowest BCUT2D eigenvalue weighted by molar-refractivity contribution is -0.119. The Kier molecular flexibility index (Phi) is 6.44. The number of imidazole rings is 1. The highest BCUT2D eigenvalue weighted by Crippen LogP contribution is 2.24. The van der Waals surface area contributed by atoms with Gasteiger partial charge in [-0.15, -0.1) is 0 Å². The van der Waals surface area contributed by atoms with Crippen LogP contribution in [0.2, 0.25) is 0 Å². The highest BCUT2D eigenvalue weighted by molar-refractivity contribution is 6.01. The van der Waals surface area contributed by atoms with Crippen molar-refractivity contribution in [3.63, 3.8) is 0 Å². The smallest absolute Gasteiger partial charge is 0.272 e. The van der Waals surface area contributed by atoms with Crippen molar-refractivity contribution in [1.82, 2.24) is 14.7 Å². The first kappa shape index (κ1) is 21.9. The summed E-state index contributed by atoms with van der Waals surface area (Å²) in [6, 6.07) is 11.1. The van der Waals surface area contributed by atoms with Crippen molar-refractivity contribution in [3.05, 3.63) is 60.0 Å². The van der Waals surface area contributed by atoms with Gasteiger partial charge < -0.3 is 19.9 Å². The van der Waals surface area contributed by atoms with Crippen LogP contribution in [0.15, 0.2) is 48.8 Å². The Hall–Kier alpha value is -3.35. The molecule has 1 aromatic carbocycles. The zero-order valence-corrected chi connectivity index (χ0v) is 19.0. The Labute approximate surface area is 188 Å². The molecule has 0 unspecified atom stereocenters. The number of amides is 2. The Balaban J connectivity index is 1.49. The van der Waals surface area contributed by atoms with Crippen LogP contribution in [0.25, 0.3) is 5.65 Å². The highest BCUT2D eigenvalue weighted by Gasteiger charge is 2.27. The molecule has 7 nitrogen and oxygen atoms in total. The van der Waals surface area contributed by atoms with Gasteiger partial charge in [-0.3, -0.25) is 9.59 Å². The quantitative estimate of drug-likeness (QED) is 0.590. The van der Waals surface area contributed by atoms with Crippen LogP contribution in [0.1, 0.15) is 49.2 Å². The molecule has 32 heavy (non-hydrogen) atoms. The monoisotopic (exact) mass is 433 g/mol. The number of aryl methyl sites for hydroxylation is 1. The summed E-state index contributed by atoms with van der Waals surface area (Å²) in [5, 5.41) is 5.92. The molecule has 2 N–H and O–H groups in total. The maximum atomic E-state index is 13.2. The Morgan fingerprint density at radius 2 is 1.94 bits per heavy atom. The van der Waals surface area contributed by atoms with Crippen LogP contribution in [0, 0.1) is 12.8 Å². The number of nitrogens with one attached hydrogen (secondary N) is 2. The topological polar surface area (TPSA) is 78.7 Å². The Morgan fingerprint density at radius 1 is 1.16 bits per heavy atom. The fraction of sp³-hybridized carbons (Fsp3) is 0.400. The van der Waals surface area contributed by atoms with Crippen LogP contribution in [-0.4, -0.2) is 40.3 Å². The SMILES string of the molecule is CC[C@H](C)[C@@H](NC(=O)c1cn2ccc(C)cc2n1)C(=O)Nc1cccc(N2CCCC2)c1. The number of anilines is 2. The standard InChI is InChI=1S/C25H31N5O2/c1-4-18(3)23(28-24(31)21-16-30-13-10-17(2)14-22(30)27-21)25(32)26-19-8-7-9-20(15-19)29-11-5-6-12-29/h7-10,13-16,18,23H,4-6,11-12H2,1-3H3,(H,26,32)(H,28,31)/t18-,23+/m0/s1. The van der Waals surface area contributed by atoms with Gasteiger partial charge in [0.15, 0.2) is 0 Å². The zero-order valence-electron chi connectivity index (χ0n) is 19.0. The van der Waals surface area contributed by atoms with Gasteiger partial charge >= 0.3 is 0 Å². The molecule has 3 aromatic rings. The molecule has 2 amide bonds. The molecule has 4 rings (SSSR count). The van der Waals surface area contributed by atoms with E-state index in [1.54, 1.807) is 6.20 Å². The van der Waals surface area contributed by atoms with E-state index in [0.717, 1.165) is 36.4 Å². The number of hydrogen-bond donors (Lipinski definition) is 2. The minimum absolute atomic E-state index is 0.0278. The molecule has 2 atom stereocenters. The predicted octanol–water partition coefficient (Wildman–Crippen LogP) is 4.03. The normalized spacial score (nSPS) is 15.5. The average molecular weight is 434 g/mol. The maximum Gasteiger partial charge on any atom is 0.272 e. The number of aromatic nitrogens is 2. The lowest BCUT2D eigenvalue weighted by Gasteiger charge is -2.24. The van der Waals surface area contributed by atoms with Crippen molar-refractivity contribution in [2.45, 2.75) is 46.1 Å². The third kappa shape index (κ3) is 4.77. The Morgan fingerprint density at radius 3 is 2.69 bits per heavy atom. The van der Waals surface area contributed by atoms with Crippen molar-refractivity contribution in [3.8, 4) is 0 Å². The second kappa shape index (κ2) is 9.42. The molecule has 1 aliphatic rings. The lowest BCUT2D eigenvalue weighted by atomic mass is 9.98. The molecular formula is C25H31N5O2. The summed E-state index contributed by atoms with van der Waals surface area (Å²) >= 11 is 0. The Bertz CT molecular complexity index is 1120. The van der Waals surface area contributed by atoms with E-state index in [2.05, 4.69) is 26.6 Å². The van der Waals surface area contributed by atoms with Gasteiger partial charge in [0.25, 0.3) is 5.91 Å². The lowest BCUT2D eigenvalue weighted by Crippen LogP contribution is -2.47. The molecular weight excluding hydrogens is 402 g/mol. The second-order valence-corrected chi connectivity index (χ2v) is 8.67. The van der Waals surface area contributed by atoms with Crippen LogP contribution < -0.4 is 15.5 Å². The molecule has 1 aliphatic heterocycles. The second-order valence-electron chi connectivity index (χ2n) is 8.67. The third-order valence-electron chi connectivity index (χ3n) is 6.22. The van der Waals surface area contributed by atoms with Gasteiger partial charge in [-0.25, -0.2) is 4.98 Å². The molecule has 0 radical (unpaired) electrons. The van der Waals surface area contributed by atoms with Gasteiger partial charge in [-0.1, -0.05) is 26.3 Å². The van der Waals surface area contributed by atoms with E-state index in [-0.39, 0.29) is 17.7 Å². The summed E-state index contributed by atoms with van der Waals surface area (Å²) in [4.78, 5) is 32.9. The highest BCUT2D eigenvalue weighted by atomic mass is 16.2. The number of carbonyl (C=O) groups is 2. The van der Waals surface area contributed by atoms with Crippen LogP contribution >= 0.6 is 0 Å². The number of nitrogens with zero attached hydrogens (tertiary/aromatic N) is 3. The van der Waals surface area contributed by atoms with Gasteiger partial charge in [-0.2, -0.15) is 0 Å². The summed E-state index contributed by atoms with van der Waals surface area (Å²) in [5.41, 5.74) is 3.93. The van der Waals surface area contributed by atoms with Crippen molar-refractivity contribution in [2.24, 2.45) is 5.92 Å². The molecule has 0 saturated carbocycles.